The number of carbonyl (C=O) groups excluding carboxylic acids is 1. The third kappa shape index (κ3) is 9.46. The molecule has 0 radical (unpaired) electrons. The Morgan fingerprint density at radius 3 is 2.36 bits per heavy atom. The normalized spacial score (nSPS) is 14.1. The van der Waals surface area contributed by atoms with Gasteiger partial charge < -0.3 is 19.8 Å². The highest BCUT2D eigenvalue weighted by molar-refractivity contribution is 6.27. The molecule has 0 aromatic heterocycles. The number of ether oxygens (including phenoxy) is 1. The Morgan fingerprint density at radius 1 is 1.08 bits per heavy atom. The zero-order chi connectivity index (χ0) is 18.5. The first-order valence-corrected chi connectivity index (χ1v) is 8.39. The van der Waals surface area contributed by atoms with Crippen molar-refractivity contribution in [3.63, 3.8) is 0 Å². The Hall–Kier alpha value is -2.41. The zero-order valence-electron chi connectivity index (χ0n) is 14.2. The van der Waals surface area contributed by atoms with Crippen LogP contribution in [0.4, 0.5) is 0 Å². The minimum absolute atomic E-state index is 0.672. The maximum Gasteiger partial charge on any atom is 0.414 e. The van der Waals surface area contributed by atoms with Gasteiger partial charge in [0.2, 0.25) is 0 Å². The quantitative estimate of drug-likeness (QED) is 0.441. The fourth-order valence-electron chi connectivity index (χ4n) is 2.49. The number of aldehydes is 1. The van der Waals surface area contributed by atoms with Crippen LogP contribution in [0.2, 0.25) is 0 Å². The maximum absolute atomic E-state index is 10.6. The number of benzene rings is 1. The molecule has 1 aliphatic rings. The van der Waals surface area contributed by atoms with Crippen molar-refractivity contribution in [1.29, 1.82) is 0 Å². The smallest absolute Gasteiger partial charge is 0.414 e. The van der Waals surface area contributed by atoms with Gasteiger partial charge in [-0.05, 0) is 57.5 Å². The summed E-state index contributed by atoms with van der Waals surface area (Å²) in [5, 5.41) is 14.8. The molecular weight excluding hydrogens is 326 g/mol. The fourth-order valence-corrected chi connectivity index (χ4v) is 2.49. The number of unbranched alkanes of at least 4 members (excludes halogenated alkanes) is 1. The van der Waals surface area contributed by atoms with Crippen LogP contribution in [0.1, 0.15) is 42.5 Å². The number of piperidine rings is 1. The van der Waals surface area contributed by atoms with Gasteiger partial charge in [0.15, 0.2) is 0 Å². The van der Waals surface area contributed by atoms with E-state index in [9.17, 15) is 4.79 Å². The summed E-state index contributed by atoms with van der Waals surface area (Å²) in [4.78, 5) is 31.4. The molecular formula is C18H25NO6. The Morgan fingerprint density at radius 2 is 1.76 bits per heavy atom. The molecule has 7 nitrogen and oxygen atoms in total. The maximum atomic E-state index is 10.6. The summed E-state index contributed by atoms with van der Waals surface area (Å²) < 4.78 is 5.66. The van der Waals surface area contributed by atoms with Gasteiger partial charge in [-0.15, -0.1) is 0 Å². The van der Waals surface area contributed by atoms with Crippen LogP contribution in [-0.4, -0.2) is 59.6 Å². The van der Waals surface area contributed by atoms with Crippen LogP contribution < -0.4 is 4.74 Å². The average Bonchev–Trinajstić information content (AvgIpc) is 2.63. The van der Waals surface area contributed by atoms with Crippen LogP contribution in [0.5, 0.6) is 5.75 Å². The van der Waals surface area contributed by atoms with Crippen molar-refractivity contribution < 1.29 is 29.3 Å². The van der Waals surface area contributed by atoms with E-state index in [0.717, 1.165) is 25.1 Å². The van der Waals surface area contributed by atoms with E-state index < -0.39 is 11.9 Å². The summed E-state index contributed by atoms with van der Waals surface area (Å²) in [6.07, 6.45) is 7.22. The van der Waals surface area contributed by atoms with Crippen molar-refractivity contribution >= 4 is 18.2 Å². The Kier molecular flexibility index (Phi) is 9.92. The lowest BCUT2D eigenvalue weighted by Gasteiger charge is -2.26. The molecule has 2 rings (SSSR count). The van der Waals surface area contributed by atoms with Crippen LogP contribution in [-0.2, 0) is 9.59 Å². The van der Waals surface area contributed by atoms with Crippen LogP contribution in [0.3, 0.4) is 0 Å². The van der Waals surface area contributed by atoms with Crippen LogP contribution in [0.25, 0.3) is 0 Å². The molecule has 2 N–H and O–H groups in total. The van der Waals surface area contributed by atoms with Crippen molar-refractivity contribution in [3.05, 3.63) is 29.8 Å². The number of nitrogens with zero attached hydrogens (tertiary/aromatic N) is 1. The molecule has 1 aromatic rings. The molecule has 1 heterocycles. The predicted molar refractivity (Wildman–Crippen MR) is 92.1 cm³/mol. The standard InChI is InChI=1S/C16H23NO2.C2H2O4/c18-14-15-7-6-8-16(13-15)19-12-5-4-11-17-9-2-1-3-10-17;3-1(4)2(5)6/h6-8,13-14H,1-5,9-12H2;(H,3,4)(H,5,6). The van der Waals surface area contributed by atoms with E-state index in [4.69, 9.17) is 24.5 Å². The Balaban J connectivity index is 0.000000450. The summed E-state index contributed by atoms with van der Waals surface area (Å²) in [5.74, 6) is -2.85. The minimum Gasteiger partial charge on any atom is -0.494 e. The van der Waals surface area contributed by atoms with Gasteiger partial charge in [0.05, 0.1) is 6.61 Å². The number of aliphatic carboxylic acids is 2. The van der Waals surface area contributed by atoms with E-state index in [2.05, 4.69) is 4.90 Å². The molecule has 1 saturated heterocycles. The average molecular weight is 351 g/mol. The largest absolute Gasteiger partial charge is 0.494 e. The van der Waals surface area contributed by atoms with Crippen LogP contribution in [0.15, 0.2) is 24.3 Å². The van der Waals surface area contributed by atoms with E-state index >= 15 is 0 Å². The van der Waals surface area contributed by atoms with E-state index in [1.807, 2.05) is 12.1 Å². The van der Waals surface area contributed by atoms with Crippen LogP contribution in [0, 0.1) is 0 Å². The first-order chi connectivity index (χ1) is 12.0. The highest BCUT2D eigenvalue weighted by atomic mass is 16.5. The lowest BCUT2D eigenvalue weighted by atomic mass is 10.1. The number of carboxylic acids is 2. The molecule has 1 fully saturated rings. The third-order valence-corrected chi connectivity index (χ3v) is 3.76. The summed E-state index contributed by atoms with van der Waals surface area (Å²) in [5.41, 5.74) is 0.672. The van der Waals surface area contributed by atoms with Crippen molar-refractivity contribution in [2.45, 2.75) is 32.1 Å². The summed E-state index contributed by atoms with van der Waals surface area (Å²) in [7, 11) is 0. The molecule has 7 heteroatoms. The van der Waals surface area contributed by atoms with Gasteiger partial charge in [-0.1, -0.05) is 18.6 Å². The highest BCUT2D eigenvalue weighted by Gasteiger charge is 2.08. The third-order valence-electron chi connectivity index (χ3n) is 3.76. The van der Waals surface area contributed by atoms with Crippen molar-refractivity contribution in [2.24, 2.45) is 0 Å². The highest BCUT2D eigenvalue weighted by Crippen LogP contribution is 2.13. The minimum atomic E-state index is -1.82. The van der Waals surface area contributed by atoms with E-state index in [0.29, 0.717) is 5.56 Å². The summed E-state index contributed by atoms with van der Waals surface area (Å²) in [6.45, 7) is 4.46. The number of carboxylic acid groups (broad SMARTS) is 2. The number of rotatable bonds is 7. The molecule has 0 spiro atoms. The van der Waals surface area contributed by atoms with E-state index in [1.54, 1.807) is 12.1 Å². The summed E-state index contributed by atoms with van der Waals surface area (Å²) in [6, 6.07) is 7.33. The van der Waals surface area contributed by atoms with Crippen molar-refractivity contribution in [2.75, 3.05) is 26.2 Å². The Bertz CT molecular complexity index is 542. The Labute approximate surface area is 147 Å². The molecule has 1 aliphatic heterocycles. The number of hydrogen-bond acceptors (Lipinski definition) is 5. The van der Waals surface area contributed by atoms with Gasteiger partial charge in [0, 0.05) is 5.56 Å². The molecule has 0 amide bonds. The lowest BCUT2D eigenvalue weighted by molar-refractivity contribution is -0.159. The number of likely N-dealkylation sites (tertiary alicyclic amines) is 1. The van der Waals surface area contributed by atoms with Gasteiger partial charge >= 0.3 is 11.9 Å². The van der Waals surface area contributed by atoms with E-state index in [1.165, 1.54) is 45.3 Å². The van der Waals surface area contributed by atoms with Crippen molar-refractivity contribution in [3.8, 4) is 5.75 Å². The monoisotopic (exact) mass is 351 g/mol. The van der Waals surface area contributed by atoms with Gasteiger partial charge in [-0.2, -0.15) is 0 Å². The zero-order valence-corrected chi connectivity index (χ0v) is 14.2. The number of carbonyl (C=O) groups is 3. The van der Waals surface area contributed by atoms with Gasteiger partial charge in [-0.3, -0.25) is 4.79 Å². The first kappa shape index (κ1) is 20.6. The van der Waals surface area contributed by atoms with Gasteiger partial charge in [0.1, 0.15) is 12.0 Å². The van der Waals surface area contributed by atoms with Crippen molar-refractivity contribution in [1.82, 2.24) is 4.90 Å². The second-order valence-corrected chi connectivity index (χ2v) is 5.76. The SMILES string of the molecule is O=C(O)C(=O)O.O=Cc1cccc(OCCCCN2CCCCC2)c1. The molecule has 0 unspecified atom stereocenters. The molecule has 1 aromatic carbocycles. The second-order valence-electron chi connectivity index (χ2n) is 5.76. The molecule has 0 atom stereocenters. The molecule has 0 saturated carbocycles. The second kappa shape index (κ2) is 12.0. The van der Waals surface area contributed by atoms with Crippen LogP contribution >= 0.6 is 0 Å². The molecule has 0 aliphatic carbocycles. The molecule has 138 valence electrons. The van der Waals surface area contributed by atoms with Gasteiger partial charge in [-0.25, -0.2) is 9.59 Å². The molecule has 0 bridgehead atoms. The first-order valence-electron chi connectivity index (χ1n) is 8.39. The van der Waals surface area contributed by atoms with Gasteiger partial charge in [0.25, 0.3) is 0 Å². The predicted octanol–water partition coefficient (Wildman–Crippen LogP) is 2.30. The molecule has 25 heavy (non-hydrogen) atoms. The fraction of sp³-hybridized carbons (Fsp3) is 0.500. The summed E-state index contributed by atoms with van der Waals surface area (Å²) >= 11 is 0. The van der Waals surface area contributed by atoms with E-state index in [-0.39, 0.29) is 0 Å². The lowest BCUT2D eigenvalue weighted by Crippen LogP contribution is -2.30. The topological polar surface area (TPSA) is 104 Å². The number of hydrogen-bond donors (Lipinski definition) is 2.